The molecule has 0 fully saturated rings. The average molecular weight is 287 g/mol. The molecule has 10 heteroatoms. The maximum Gasteiger partial charge on any atom is 0.433 e. The molecule has 0 saturated heterocycles. The largest absolute Gasteiger partial charge is 0.433 e. The van der Waals surface area contributed by atoms with Crippen LogP contribution in [0.2, 0.25) is 0 Å². The Bertz CT molecular complexity index is 552. The monoisotopic (exact) mass is 287 g/mol. The molecule has 0 saturated carbocycles. The van der Waals surface area contributed by atoms with Gasteiger partial charge < -0.3 is 9.88 Å². The molecule has 2 heterocycles. The molecule has 4 N–H and O–H groups in total. The Kier molecular flexibility index (Phi) is 4.03. The van der Waals surface area contributed by atoms with Gasteiger partial charge in [0.1, 0.15) is 5.82 Å². The topological polar surface area (TPSA) is 93.7 Å². The first-order valence-electron chi connectivity index (χ1n) is 5.61. The first-order chi connectivity index (χ1) is 9.49. The van der Waals surface area contributed by atoms with Crippen molar-refractivity contribution in [1.82, 2.24) is 19.5 Å². The van der Waals surface area contributed by atoms with Gasteiger partial charge in [-0.25, -0.2) is 15.8 Å². The maximum absolute atomic E-state index is 12.6. The first kappa shape index (κ1) is 14.1. The van der Waals surface area contributed by atoms with Crippen molar-refractivity contribution in [2.45, 2.75) is 12.7 Å². The SMILES string of the molecule is NNc1nc(NCCn2ccnc2)cc(C(F)(F)F)n1. The molecule has 7 nitrogen and oxygen atoms in total. The summed E-state index contributed by atoms with van der Waals surface area (Å²) >= 11 is 0. The van der Waals surface area contributed by atoms with Crippen molar-refractivity contribution >= 4 is 11.8 Å². The number of hydrogen-bond donors (Lipinski definition) is 3. The molecular formula is C10H12F3N7. The van der Waals surface area contributed by atoms with E-state index >= 15 is 0 Å². The highest BCUT2D eigenvalue weighted by atomic mass is 19.4. The number of nitrogen functional groups attached to an aromatic ring is 1. The Morgan fingerprint density at radius 2 is 2.10 bits per heavy atom. The highest BCUT2D eigenvalue weighted by molar-refractivity contribution is 5.42. The van der Waals surface area contributed by atoms with E-state index in [4.69, 9.17) is 5.84 Å². The molecule has 0 radical (unpaired) electrons. The number of alkyl halides is 3. The van der Waals surface area contributed by atoms with Crippen LogP contribution in [-0.2, 0) is 12.7 Å². The maximum atomic E-state index is 12.6. The predicted octanol–water partition coefficient (Wildman–Crippen LogP) is 1.09. The molecule has 0 spiro atoms. The second-order valence-electron chi connectivity index (χ2n) is 3.83. The van der Waals surface area contributed by atoms with Gasteiger partial charge in [0, 0.05) is 31.5 Å². The van der Waals surface area contributed by atoms with Crippen LogP contribution in [-0.4, -0.2) is 26.1 Å². The zero-order valence-corrected chi connectivity index (χ0v) is 10.2. The number of imidazole rings is 1. The summed E-state index contributed by atoms with van der Waals surface area (Å²) in [6.45, 7) is 0.922. The van der Waals surface area contributed by atoms with E-state index in [9.17, 15) is 13.2 Å². The molecule has 0 aromatic carbocycles. The number of halogens is 3. The molecule has 0 atom stereocenters. The number of rotatable bonds is 5. The van der Waals surface area contributed by atoms with Crippen LogP contribution in [0.1, 0.15) is 5.69 Å². The van der Waals surface area contributed by atoms with Crippen LogP contribution in [0, 0.1) is 0 Å². The number of hydrogen-bond acceptors (Lipinski definition) is 6. The third kappa shape index (κ3) is 3.57. The van der Waals surface area contributed by atoms with E-state index < -0.39 is 11.9 Å². The number of nitrogens with one attached hydrogen (secondary N) is 2. The van der Waals surface area contributed by atoms with E-state index in [0.717, 1.165) is 6.07 Å². The number of aromatic nitrogens is 4. The van der Waals surface area contributed by atoms with E-state index in [2.05, 4.69) is 20.3 Å². The van der Waals surface area contributed by atoms with Gasteiger partial charge in [-0.15, -0.1) is 0 Å². The standard InChI is InChI=1S/C10H12F3N7/c11-10(12,13)7-5-8(18-9(17-7)19-14)16-2-4-20-3-1-15-6-20/h1,3,5-6H,2,4,14H2,(H2,16,17,18,19). The van der Waals surface area contributed by atoms with Gasteiger partial charge in [0.15, 0.2) is 5.69 Å². The summed E-state index contributed by atoms with van der Waals surface area (Å²) in [4.78, 5) is 10.9. The van der Waals surface area contributed by atoms with Crippen molar-refractivity contribution in [2.75, 3.05) is 17.3 Å². The van der Waals surface area contributed by atoms with Gasteiger partial charge >= 0.3 is 6.18 Å². The zero-order valence-electron chi connectivity index (χ0n) is 10.2. The normalized spacial score (nSPS) is 11.4. The van der Waals surface area contributed by atoms with Crippen LogP contribution >= 0.6 is 0 Å². The summed E-state index contributed by atoms with van der Waals surface area (Å²) in [5.74, 6) is 4.80. The van der Waals surface area contributed by atoms with Gasteiger partial charge in [-0.2, -0.15) is 18.2 Å². The lowest BCUT2D eigenvalue weighted by Gasteiger charge is -2.11. The molecule has 2 rings (SSSR count). The lowest BCUT2D eigenvalue weighted by atomic mass is 10.3. The fourth-order valence-corrected chi connectivity index (χ4v) is 1.48. The molecule has 2 aromatic heterocycles. The number of hydrazine groups is 1. The van der Waals surface area contributed by atoms with E-state index in [0.29, 0.717) is 13.1 Å². The molecule has 0 aliphatic rings. The Balaban J connectivity index is 2.06. The van der Waals surface area contributed by atoms with E-state index in [-0.39, 0.29) is 11.8 Å². The van der Waals surface area contributed by atoms with Crippen LogP contribution in [0.3, 0.4) is 0 Å². The summed E-state index contributed by atoms with van der Waals surface area (Å²) < 4.78 is 39.7. The van der Waals surface area contributed by atoms with Gasteiger partial charge in [0.05, 0.1) is 6.33 Å². The Morgan fingerprint density at radius 1 is 1.30 bits per heavy atom. The van der Waals surface area contributed by atoms with Crippen LogP contribution in [0.15, 0.2) is 24.8 Å². The Morgan fingerprint density at radius 3 is 2.70 bits per heavy atom. The van der Waals surface area contributed by atoms with Crippen molar-refractivity contribution in [3.8, 4) is 0 Å². The van der Waals surface area contributed by atoms with E-state index in [1.807, 2.05) is 5.43 Å². The van der Waals surface area contributed by atoms with Gasteiger partial charge in [0.25, 0.3) is 0 Å². The van der Waals surface area contributed by atoms with Gasteiger partial charge in [0.2, 0.25) is 5.95 Å². The van der Waals surface area contributed by atoms with Crippen molar-refractivity contribution in [3.63, 3.8) is 0 Å². The fourth-order valence-electron chi connectivity index (χ4n) is 1.48. The van der Waals surface area contributed by atoms with Crippen molar-refractivity contribution in [3.05, 3.63) is 30.5 Å². The number of anilines is 2. The number of nitrogens with zero attached hydrogens (tertiary/aromatic N) is 4. The van der Waals surface area contributed by atoms with Crippen LogP contribution in [0.4, 0.5) is 24.9 Å². The highest BCUT2D eigenvalue weighted by Crippen LogP contribution is 2.29. The molecule has 2 aromatic rings. The predicted molar refractivity (Wildman–Crippen MR) is 65.6 cm³/mol. The molecule has 0 unspecified atom stereocenters. The first-order valence-corrected chi connectivity index (χ1v) is 5.61. The van der Waals surface area contributed by atoms with Crippen molar-refractivity contribution in [1.29, 1.82) is 0 Å². The quantitative estimate of drug-likeness (QED) is 0.563. The summed E-state index contributed by atoms with van der Waals surface area (Å²) in [7, 11) is 0. The second kappa shape index (κ2) is 5.74. The summed E-state index contributed by atoms with van der Waals surface area (Å²) in [6.07, 6.45) is 0.406. The van der Waals surface area contributed by atoms with Gasteiger partial charge in [-0.05, 0) is 0 Å². The lowest BCUT2D eigenvalue weighted by Crippen LogP contribution is -2.18. The average Bonchev–Trinajstić information content (AvgIpc) is 2.90. The summed E-state index contributed by atoms with van der Waals surface area (Å²) in [5.41, 5.74) is 0.942. The molecule has 108 valence electrons. The van der Waals surface area contributed by atoms with Gasteiger partial charge in [-0.1, -0.05) is 0 Å². The van der Waals surface area contributed by atoms with E-state index in [1.165, 1.54) is 0 Å². The highest BCUT2D eigenvalue weighted by Gasteiger charge is 2.33. The third-order valence-corrected chi connectivity index (χ3v) is 2.38. The molecule has 0 bridgehead atoms. The van der Waals surface area contributed by atoms with Crippen LogP contribution in [0.25, 0.3) is 0 Å². The minimum absolute atomic E-state index is 0.0420. The summed E-state index contributed by atoms with van der Waals surface area (Å²) in [6, 6.07) is 0.828. The smallest absolute Gasteiger partial charge is 0.368 e. The Labute approximate surface area is 112 Å². The van der Waals surface area contributed by atoms with Crippen LogP contribution in [0.5, 0.6) is 0 Å². The fraction of sp³-hybridized carbons (Fsp3) is 0.300. The minimum atomic E-state index is -4.56. The van der Waals surface area contributed by atoms with Crippen molar-refractivity contribution in [2.24, 2.45) is 5.84 Å². The Hall–Kier alpha value is -2.36. The number of nitrogens with two attached hydrogens (primary N) is 1. The molecule has 0 aliphatic heterocycles. The minimum Gasteiger partial charge on any atom is -0.368 e. The lowest BCUT2D eigenvalue weighted by molar-refractivity contribution is -0.141. The summed E-state index contributed by atoms with van der Waals surface area (Å²) in [5, 5.41) is 2.77. The third-order valence-electron chi connectivity index (χ3n) is 2.38. The molecule has 0 amide bonds. The molecule has 20 heavy (non-hydrogen) atoms. The zero-order chi connectivity index (χ0) is 14.6. The second-order valence-corrected chi connectivity index (χ2v) is 3.83. The van der Waals surface area contributed by atoms with Gasteiger partial charge in [-0.3, -0.25) is 5.43 Å². The molecule has 0 aliphatic carbocycles. The van der Waals surface area contributed by atoms with Crippen molar-refractivity contribution < 1.29 is 13.2 Å². The van der Waals surface area contributed by atoms with Crippen LogP contribution < -0.4 is 16.6 Å². The van der Waals surface area contributed by atoms with E-state index in [1.54, 1.807) is 23.3 Å². The molecular weight excluding hydrogens is 275 g/mol.